The maximum atomic E-state index is 6.10. The molecule has 2 rings (SSSR count). The Morgan fingerprint density at radius 3 is 2.29 bits per heavy atom. The van der Waals surface area contributed by atoms with Crippen LogP contribution in [-0.2, 0) is 0 Å². The molecule has 0 aliphatic rings. The number of nitrogens with one attached hydrogen (secondary N) is 1. The molecule has 0 aromatic heterocycles. The number of nitrogen functional groups attached to an aromatic ring is 1. The molecule has 0 bridgehead atoms. The van der Waals surface area contributed by atoms with Gasteiger partial charge in [0.25, 0.3) is 0 Å². The van der Waals surface area contributed by atoms with Gasteiger partial charge in [0.05, 0.1) is 5.71 Å². The molecule has 2 aromatic carbocycles. The zero-order chi connectivity index (χ0) is 15.8. The van der Waals surface area contributed by atoms with Gasteiger partial charge < -0.3 is 11.2 Å². The van der Waals surface area contributed by atoms with Gasteiger partial charge in [0.2, 0.25) is 0 Å². The lowest BCUT2D eigenvalue weighted by Crippen LogP contribution is -2.12. The Hall–Kier alpha value is -2.29. The number of rotatable bonds is 3. The minimum absolute atomic E-state index is 0.739. The van der Waals surface area contributed by atoms with E-state index in [0.29, 0.717) is 0 Å². The maximum Gasteiger partial charge on any atom is 0.0997 e. The van der Waals surface area contributed by atoms with Crippen LogP contribution in [0, 0.1) is 13.8 Å². The van der Waals surface area contributed by atoms with Gasteiger partial charge in [-0.25, -0.2) is 0 Å². The molecule has 2 aromatic rings. The van der Waals surface area contributed by atoms with Crippen LogP contribution in [0.4, 0.5) is 5.69 Å². The SMILES string of the molecule is CC.CN/N=C(/c1ccccc1C)c1cc(C)ccc1N. The summed E-state index contributed by atoms with van der Waals surface area (Å²) in [6.07, 6.45) is 0. The summed E-state index contributed by atoms with van der Waals surface area (Å²) in [5.41, 5.74) is 15.0. The highest BCUT2D eigenvalue weighted by molar-refractivity contribution is 6.16. The molecule has 0 unspecified atom stereocenters. The molecule has 0 heterocycles. The van der Waals surface area contributed by atoms with Crippen molar-refractivity contribution in [1.29, 1.82) is 0 Å². The maximum absolute atomic E-state index is 6.10. The first-order chi connectivity index (χ1) is 10.1. The smallest absolute Gasteiger partial charge is 0.0997 e. The van der Waals surface area contributed by atoms with Gasteiger partial charge in [0, 0.05) is 23.9 Å². The fraction of sp³-hybridized carbons (Fsp3) is 0.278. The molecule has 3 heteroatoms. The predicted octanol–water partition coefficient (Wildman–Crippen LogP) is 3.88. The largest absolute Gasteiger partial charge is 0.398 e. The van der Waals surface area contributed by atoms with Crippen molar-refractivity contribution in [3.05, 3.63) is 64.7 Å². The molecule has 0 aliphatic heterocycles. The van der Waals surface area contributed by atoms with Crippen molar-refractivity contribution in [2.45, 2.75) is 27.7 Å². The summed E-state index contributed by atoms with van der Waals surface area (Å²) in [5, 5.41) is 4.41. The first-order valence-electron chi connectivity index (χ1n) is 7.30. The number of hydrogen-bond donors (Lipinski definition) is 2. The van der Waals surface area contributed by atoms with E-state index in [4.69, 9.17) is 5.73 Å². The molecular weight excluding hydrogens is 258 g/mol. The van der Waals surface area contributed by atoms with Gasteiger partial charge >= 0.3 is 0 Å². The second-order valence-electron chi connectivity index (χ2n) is 4.59. The monoisotopic (exact) mass is 283 g/mol. The lowest BCUT2D eigenvalue weighted by atomic mass is 9.96. The quantitative estimate of drug-likeness (QED) is 0.510. The Balaban J connectivity index is 0.00000106. The summed E-state index contributed by atoms with van der Waals surface area (Å²) in [5.74, 6) is 0. The van der Waals surface area contributed by atoms with Crippen LogP contribution in [0.1, 0.15) is 36.1 Å². The van der Waals surface area contributed by atoms with Gasteiger partial charge in [-0.05, 0) is 31.5 Å². The highest BCUT2D eigenvalue weighted by atomic mass is 15.3. The van der Waals surface area contributed by atoms with E-state index in [1.165, 1.54) is 11.1 Å². The first-order valence-corrected chi connectivity index (χ1v) is 7.30. The number of hydrogen-bond acceptors (Lipinski definition) is 3. The molecule has 0 saturated carbocycles. The average molecular weight is 283 g/mol. The van der Waals surface area contributed by atoms with Crippen molar-refractivity contribution in [1.82, 2.24) is 5.43 Å². The number of anilines is 1. The highest BCUT2D eigenvalue weighted by Crippen LogP contribution is 2.21. The Kier molecular flexibility index (Phi) is 6.47. The van der Waals surface area contributed by atoms with Gasteiger partial charge in [0.1, 0.15) is 0 Å². The first kappa shape index (κ1) is 16.8. The lowest BCUT2D eigenvalue weighted by Gasteiger charge is -2.12. The molecule has 0 atom stereocenters. The molecule has 0 spiro atoms. The Bertz CT molecular complexity index is 616. The van der Waals surface area contributed by atoms with Gasteiger partial charge in [0.15, 0.2) is 0 Å². The van der Waals surface area contributed by atoms with Crippen molar-refractivity contribution < 1.29 is 0 Å². The average Bonchev–Trinajstić information content (AvgIpc) is 2.50. The van der Waals surface area contributed by atoms with Crippen molar-refractivity contribution in [3.63, 3.8) is 0 Å². The van der Waals surface area contributed by atoms with E-state index in [1.54, 1.807) is 7.05 Å². The third-order valence-electron chi connectivity index (χ3n) is 3.09. The second kappa shape index (κ2) is 8.10. The Labute approximate surface area is 127 Å². The number of aryl methyl sites for hydroxylation is 2. The molecule has 21 heavy (non-hydrogen) atoms. The minimum Gasteiger partial charge on any atom is -0.398 e. The van der Waals surface area contributed by atoms with Crippen molar-refractivity contribution in [2.24, 2.45) is 5.10 Å². The number of hydrazone groups is 1. The van der Waals surface area contributed by atoms with Gasteiger partial charge in [-0.2, -0.15) is 5.10 Å². The van der Waals surface area contributed by atoms with Crippen LogP contribution in [0.5, 0.6) is 0 Å². The third-order valence-corrected chi connectivity index (χ3v) is 3.09. The van der Waals surface area contributed by atoms with Gasteiger partial charge in [-0.1, -0.05) is 49.7 Å². The van der Waals surface area contributed by atoms with Crippen LogP contribution >= 0.6 is 0 Å². The topological polar surface area (TPSA) is 50.4 Å². The molecular formula is C18H25N3. The summed E-state index contributed by atoms with van der Waals surface area (Å²) in [6.45, 7) is 8.13. The highest BCUT2D eigenvalue weighted by Gasteiger charge is 2.12. The third kappa shape index (κ3) is 4.09. The minimum atomic E-state index is 0.739. The molecule has 3 nitrogen and oxygen atoms in total. The molecule has 0 fully saturated rings. The summed E-state index contributed by atoms with van der Waals surface area (Å²) >= 11 is 0. The van der Waals surface area contributed by atoms with E-state index in [9.17, 15) is 0 Å². The fourth-order valence-corrected chi connectivity index (χ4v) is 2.09. The molecule has 0 radical (unpaired) electrons. The second-order valence-corrected chi connectivity index (χ2v) is 4.59. The number of nitrogens with two attached hydrogens (primary N) is 1. The Morgan fingerprint density at radius 2 is 1.67 bits per heavy atom. The van der Waals surface area contributed by atoms with Crippen LogP contribution in [0.2, 0.25) is 0 Å². The Morgan fingerprint density at radius 1 is 1.00 bits per heavy atom. The van der Waals surface area contributed by atoms with Crippen LogP contribution in [0.15, 0.2) is 47.6 Å². The van der Waals surface area contributed by atoms with Gasteiger partial charge in [-0.3, -0.25) is 0 Å². The van der Waals surface area contributed by atoms with Gasteiger partial charge in [-0.15, -0.1) is 0 Å². The molecule has 0 aliphatic carbocycles. The van der Waals surface area contributed by atoms with E-state index in [1.807, 2.05) is 38.1 Å². The van der Waals surface area contributed by atoms with E-state index < -0.39 is 0 Å². The fourth-order valence-electron chi connectivity index (χ4n) is 2.09. The number of benzene rings is 2. The van der Waals surface area contributed by atoms with E-state index >= 15 is 0 Å². The zero-order valence-corrected chi connectivity index (χ0v) is 13.6. The zero-order valence-electron chi connectivity index (χ0n) is 13.6. The van der Waals surface area contributed by atoms with Crippen LogP contribution in [0.3, 0.4) is 0 Å². The molecule has 112 valence electrons. The normalized spacial score (nSPS) is 10.6. The molecule has 0 amide bonds. The molecule has 3 N–H and O–H groups in total. The number of nitrogens with zero attached hydrogens (tertiary/aromatic N) is 1. The molecule has 0 saturated heterocycles. The van der Waals surface area contributed by atoms with Crippen molar-refractivity contribution in [3.8, 4) is 0 Å². The van der Waals surface area contributed by atoms with Crippen molar-refractivity contribution in [2.75, 3.05) is 12.8 Å². The summed E-state index contributed by atoms with van der Waals surface area (Å²) < 4.78 is 0. The summed E-state index contributed by atoms with van der Waals surface area (Å²) in [6, 6.07) is 14.2. The van der Waals surface area contributed by atoms with Crippen LogP contribution in [-0.4, -0.2) is 12.8 Å². The van der Waals surface area contributed by atoms with E-state index in [2.05, 4.69) is 42.6 Å². The van der Waals surface area contributed by atoms with Crippen molar-refractivity contribution >= 4 is 11.4 Å². The van der Waals surface area contributed by atoms with E-state index in [-0.39, 0.29) is 0 Å². The lowest BCUT2D eigenvalue weighted by molar-refractivity contribution is 0.901. The standard InChI is InChI=1S/C16H19N3.C2H6/c1-11-8-9-15(17)14(10-11)16(19-18-3)13-7-5-4-6-12(13)2;1-2/h4-10,18H,17H2,1-3H3;1-2H3/b19-16-;. The predicted molar refractivity (Wildman–Crippen MR) is 92.8 cm³/mol. The van der Waals surface area contributed by atoms with Crippen LogP contribution < -0.4 is 11.2 Å². The van der Waals surface area contributed by atoms with E-state index in [0.717, 1.165) is 22.5 Å². The van der Waals surface area contributed by atoms with Crippen LogP contribution in [0.25, 0.3) is 0 Å². The summed E-state index contributed by atoms with van der Waals surface area (Å²) in [7, 11) is 1.80. The summed E-state index contributed by atoms with van der Waals surface area (Å²) in [4.78, 5) is 0.